The van der Waals surface area contributed by atoms with E-state index in [0.29, 0.717) is 0 Å². The van der Waals surface area contributed by atoms with Gasteiger partial charge in [-0.25, -0.2) is 0 Å². The van der Waals surface area contributed by atoms with E-state index in [1.807, 2.05) is 0 Å². The molecule has 270 valence electrons. The summed E-state index contributed by atoms with van der Waals surface area (Å²) in [6.45, 7) is 0.598. The Morgan fingerprint density at radius 3 is 2.00 bits per heavy atom. The van der Waals surface area contributed by atoms with Crippen LogP contribution >= 0.6 is 0 Å². The second-order valence-electron chi connectivity index (χ2n) is 13.8. The summed E-state index contributed by atoms with van der Waals surface area (Å²) in [5.74, 6) is -3.81. The van der Waals surface area contributed by atoms with Crippen LogP contribution in [-0.4, -0.2) is 167 Å². The van der Waals surface area contributed by atoms with Crippen molar-refractivity contribution in [1.82, 2.24) is 0 Å². The van der Waals surface area contributed by atoms with Crippen LogP contribution in [0.3, 0.4) is 0 Å². The molecule has 5 fully saturated rings. The quantitative estimate of drug-likeness (QED) is 0.114. The summed E-state index contributed by atoms with van der Waals surface area (Å²) in [6.07, 6.45) is -20.9. The number of carbonyl (C=O) groups excluding carboxylic acids is 2. The molecule has 0 aromatic rings. The molecule has 0 aromatic carbocycles. The zero-order chi connectivity index (χ0) is 34.3. The van der Waals surface area contributed by atoms with Gasteiger partial charge in [0.25, 0.3) is 0 Å². The van der Waals surface area contributed by atoms with E-state index < -0.39 is 134 Å². The lowest BCUT2D eigenvalue weighted by molar-refractivity contribution is -0.328. The largest absolute Gasteiger partial charge is 0.463 e. The lowest BCUT2D eigenvalue weighted by atomic mass is 9.72. The average molecular weight is 681 g/mol. The highest BCUT2D eigenvalue weighted by molar-refractivity contribution is 5.73. The van der Waals surface area contributed by atoms with Crippen LogP contribution in [0.4, 0.5) is 0 Å². The Kier molecular flexibility index (Phi) is 11.8. The van der Waals surface area contributed by atoms with Crippen molar-refractivity contribution in [2.75, 3.05) is 6.61 Å². The Morgan fingerprint density at radius 2 is 1.34 bits per heavy atom. The summed E-state index contributed by atoms with van der Waals surface area (Å²) in [7, 11) is 0. The summed E-state index contributed by atoms with van der Waals surface area (Å²) < 4.78 is 28.5. The van der Waals surface area contributed by atoms with E-state index in [9.17, 15) is 60.7 Å². The van der Waals surface area contributed by atoms with Gasteiger partial charge in [0.15, 0.2) is 12.4 Å². The van der Waals surface area contributed by atoms with Crippen molar-refractivity contribution in [2.45, 2.75) is 150 Å². The first kappa shape index (κ1) is 36.7. The van der Waals surface area contributed by atoms with Crippen molar-refractivity contribution in [1.29, 1.82) is 0 Å². The normalized spacial score (nSPS) is 50.7. The summed E-state index contributed by atoms with van der Waals surface area (Å²) in [4.78, 5) is 24.6. The number of ether oxygens (including phenoxy) is 5. The van der Waals surface area contributed by atoms with Gasteiger partial charge in [-0.3, -0.25) is 9.59 Å². The molecule has 10 N–H and O–H groups in total. The maximum atomic E-state index is 13.2. The summed E-state index contributed by atoms with van der Waals surface area (Å²) in [5.41, 5.74) is 0. The van der Waals surface area contributed by atoms with Gasteiger partial charge in [0.2, 0.25) is 0 Å². The number of hydrogen-bond donors (Lipinski definition) is 10. The SMILES string of the molecule is CC(=O)OC[C@@H]1O[C@H](OC2CC(C3OC4CC(O)CC(O)C4CC3O)CC(O)C2O)[C@@H](OC(=O)C2CC(O)C(O)C(O)C2)[C@H](O)[C@H]1O. The average Bonchev–Trinajstić information content (AvgIpc) is 3.00. The van der Waals surface area contributed by atoms with Gasteiger partial charge in [0.05, 0.1) is 60.9 Å². The summed E-state index contributed by atoms with van der Waals surface area (Å²) in [5, 5.41) is 105. The number of rotatable bonds is 7. The van der Waals surface area contributed by atoms with E-state index in [1.54, 1.807) is 0 Å². The Labute approximate surface area is 270 Å². The molecule has 0 bridgehead atoms. The molecule has 2 saturated heterocycles. The molecular weight excluding hydrogens is 632 g/mol. The van der Waals surface area contributed by atoms with Crippen LogP contribution in [0.1, 0.15) is 51.9 Å². The summed E-state index contributed by atoms with van der Waals surface area (Å²) in [6, 6.07) is 0. The van der Waals surface area contributed by atoms with Gasteiger partial charge in [-0.2, -0.15) is 0 Å². The molecule has 17 atom stereocenters. The Hall–Kier alpha value is -1.58. The van der Waals surface area contributed by atoms with Crippen LogP contribution in [0.15, 0.2) is 0 Å². The van der Waals surface area contributed by atoms with Gasteiger partial charge >= 0.3 is 11.9 Å². The highest BCUT2D eigenvalue weighted by Crippen LogP contribution is 2.42. The third-order valence-electron chi connectivity index (χ3n) is 10.4. The molecule has 0 radical (unpaired) electrons. The Balaban J connectivity index is 1.33. The van der Waals surface area contributed by atoms with E-state index in [2.05, 4.69) is 0 Å². The van der Waals surface area contributed by atoms with Gasteiger partial charge in [-0.15, -0.1) is 0 Å². The van der Waals surface area contributed by atoms with Crippen LogP contribution in [0, 0.1) is 17.8 Å². The minimum absolute atomic E-state index is 0.00376. The number of aliphatic hydroxyl groups is 10. The number of fused-ring (bicyclic) bond motifs is 1. The standard InChI is InChI=1S/C30H48O17/c1-10(31)43-9-22-25(40)26(41)28(47-29(42)12-3-16(34)23(38)17(35)4-12)30(46-22)45-21-5-11(2-18(36)24(21)39)27-19(37)8-14-15(33)6-13(32)7-20(14)44-27/h11-28,30,32-41H,2-9H2,1H3/t11?,12?,13?,14?,15?,16?,17?,18?,19?,20?,21?,22-,23?,24?,25-,26+,27?,28-,30-/m0/s1. The van der Waals surface area contributed by atoms with Crippen molar-refractivity contribution in [3.8, 4) is 0 Å². The maximum absolute atomic E-state index is 13.2. The second-order valence-corrected chi connectivity index (χ2v) is 13.8. The molecule has 17 nitrogen and oxygen atoms in total. The van der Waals surface area contributed by atoms with Crippen molar-refractivity contribution in [3.63, 3.8) is 0 Å². The second kappa shape index (κ2) is 15.1. The van der Waals surface area contributed by atoms with E-state index in [0.717, 1.165) is 6.92 Å². The fraction of sp³-hybridized carbons (Fsp3) is 0.933. The first-order valence-corrected chi connectivity index (χ1v) is 16.2. The van der Waals surface area contributed by atoms with E-state index in [1.165, 1.54) is 0 Å². The third-order valence-corrected chi connectivity index (χ3v) is 10.4. The maximum Gasteiger partial charge on any atom is 0.309 e. The van der Waals surface area contributed by atoms with Crippen LogP contribution in [0.5, 0.6) is 0 Å². The first-order valence-electron chi connectivity index (χ1n) is 16.2. The zero-order valence-corrected chi connectivity index (χ0v) is 26.0. The Morgan fingerprint density at radius 1 is 0.681 bits per heavy atom. The molecule has 0 spiro atoms. The van der Waals surface area contributed by atoms with Crippen LogP contribution in [0.2, 0.25) is 0 Å². The van der Waals surface area contributed by atoms with Gasteiger partial charge in [0, 0.05) is 12.8 Å². The monoisotopic (exact) mass is 680 g/mol. The molecule has 5 rings (SSSR count). The van der Waals surface area contributed by atoms with E-state index in [4.69, 9.17) is 23.7 Å². The van der Waals surface area contributed by atoms with Gasteiger partial charge in [-0.05, 0) is 50.9 Å². The number of aliphatic hydroxyl groups excluding tert-OH is 10. The fourth-order valence-electron chi connectivity index (χ4n) is 7.76. The minimum atomic E-state index is -1.87. The zero-order valence-electron chi connectivity index (χ0n) is 26.0. The van der Waals surface area contributed by atoms with E-state index >= 15 is 0 Å². The van der Waals surface area contributed by atoms with Crippen molar-refractivity contribution >= 4 is 11.9 Å². The summed E-state index contributed by atoms with van der Waals surface area (Å²) >= 11 is 0. The molecular formula is C30H48O17. The predicted molar refractivity (Wildman–Crippen MR) is 152 cm³/mol. The topological polar surface area (TPSA) is 283 Å². The highest BCUT2D eigenvalue weighted by atomic mass is 16.7. The molecule has 2 heterocycles. The lowest BCUT2D eigenvalue weighted by Gasteiger charge is -2.50. The van der Waals surface area contributed by atoms with E-state index in [-0.39, 0.29) is 44.9 Å². The highest BCUT2D eigenvalue weighted by Gasteiger charge is 2.53. The van der Waals surface area contributed by atoms with Crippen molar-refractivity contribution < 1.29 is 84.3 Å². The molecule has 17 heteroatoms. The van der Waals surface area contributed by atoms with Gasteiger partial charge in [-0.1, -0.05) is 0 Å². The molecule has 12 unspecified atom stereocenters. The van der Waals surface area contributed by atoms with Crippen LogP contribution in [0.25, 0.3) is 0 Å². The third kappa shape index (κ3) is 8.09. The molecule has 0 amide bonds. The predicted octanol–water partition coefficient (Wildman–Crippen LogP) is -4.43. The smallest absolute Gasteiger partial charge is 0.309 e. The molecule has 3 aliphatic carbocycles. The number of esters is 2. The molecule has 3 saturated carbocycles. The minimum Gasteiger partial charge on any atom is -0.463 e. The van der Waals surface area contributed by atoms with Crippen molar-refractivity contribution in [2.24, 2.45) is 17.8 Å². The fourth-order valence-corrected chi connectivity index (χ4v) is 7.76. The van der Waals surface area contributed by atoms with Crippen LogP contribution in [-0.2, 0) is 33.3 Å². The number of hydrogen-bond acceptors (Lipinski definition) is 17. The van der Waals surface area contributed by atoms with Gasteiger partial charge < -0.3 is 74.7 Å². The molecule has 2 aliphatic heterocycles. The van der Waals surface area contributed by atoms with Gasteiger partial charge in [0.1, 0.15) is 37.1 Å². The molecule has 47 heavy (non-hydrogen) atoms. The molecule has 5 aliphatic rings. The molecule has 0 aromatic heterocycles. The lowest BCUT2D eigenvalue weighted by Crippen LogP contribution is -2.63. The van der Waals surface area contributed by atoms with Crippen molar-refractivity contribution in [3.05, 3.63) is 0 Å². The van der Waals surface area contributed by atoms with Crippen LogP contribution < -0.4 is 0 Å². The number of carbonyl (C=O) groups is 2. The first-order chi connectivity index (χ1) is 22.1. The Bertz CT molecular complexity index is 1070.